The topological polar surface area (TPSA) is 70.1 Å². The maximum atomic E-state index is 13.3. The highest BCUT2D eigenvalue weighted by molar-refractivity contribution is 6.51. The van der Waals surface area contributed by atoms with Crippen LogP contribution in [-0.4, -0.2) is 37.0 Å². The predicted octanol–water partition coefficient (Wildman–Crippen LogP) is 5.47. The number of Topliss-reactive ketones (excluding diaryl/α,β-unsaturated/α-hetero) is 1. The van der Waals surface area contributed by atoms with Crippen molar-refractivity contribution < 1.29 is 19.4 Å². The fourth-order valence-electron chi connectivity index (χ4n) is 4.27. The van der Waals surface area contributed by atoms with E-state index in [-0.39, 0.29) is 17.4 Å². The van der Waals surface area contributed by atoms with Crippen molar-refractivity contribution in [2.24, 2.45) is 0 Å². The average molecular weight is 471 g/mol. The van der Waals surface area contributed by atoms with Gasteiger partial charge < -0.3 is 14.7 Å². The van der Waals surface area contributed by atoms with E-state index in [0.717, 1.165) is 16.8 Å². The van der Waals surface area contributed by atoms with Gasteiger partial charge >= 0.3 is 0 Å². The van der Waals surface area contributed by atoms with E-state index >= 15 is 0 Å². The minimum atomic E-state index is -0.764. The van der Waals surface area contributed by atoms with E-state index in [1.165, 1.54) is 4.90 Å². The minimum Gasteiger partial charge on any atom is -0.507 e. The zero-order valence-corrected chi connectivity index (χ0v) is 20.6. The fraction of sp³-hybridized carbons (Fsp3) is 0.241. The molecule has 0 saturated carbocycles. The van der Waals surface area contributed by atoms with Crippen molar-refractivity contribution in [3.8, 4) is 5.75 Å². The van der Waals surface area contributed by atoms with Gasteiger partial charge in [0.25, 0.3) is 11.7 Å². The zero-order valence-electron chi connectivity index (χ0n) is 20.6. The summed E-state index contributed by atoms with van der Waals surface area (Å²) in [7, 11) is 3.89. The quantitative estimate of drug-likeness (QED) is 0.294. The summed E-state index contributed by atoms with van der Waals surface area (Å²) in [5, 5.41) is 11.3. The molecule has 1 unspecified atom stereocenters. The third-order valence-electron chi connectivity index (χ3n) is 5.95. The van der Waals surface area contributed by atoms with E-state index in [9.17, 15) is 14.7 Å². The van der Waals surface area contributed by atoms with Crippen LogP contribution >= 0.6 is 0 Å². The number of nitrogens with zero attached hydrogens (tertiary/aromatic N) is 2. The summed E-state index contributed by atoms with van der Waals surface area (Å²) < 4.78 is 5.69. The molecule has 0 aromatic heterocycles. The second-order valence-corrected chi connectivity index (χ2v) is 9.19. The van der Waals surface area contributed by atoms with Crippen LogP contribution in [0.15, 0.2) is 78.4 Å². The summed E-state index contributed by atoms with van der Waals surface area (Å²) >= 11 is 0. The third kappa shape index (κ3) is 4.78. The van der Waals surface area contributed by atoms with Gasteiger partial charge in [0, 0.05) is 31.0 Å². The maximum absolute atomic E-state index is 13.3. The lowest BCUT2D eigenvalue weighted by Crippen LogP contribution is -2.29. The molecule has 1 aliphatic rings. The first-order valence-corrected chi connectivity index (χ1v) is 11.6. The van der Waals surface area contributed by atoms with Crippen LogP contribution in [0.1, 0.15) is 36.6 Å². The molecule has 0 bridgehead atoms. The van der Waals surface area contributed by atoms with Gasteiger partial charge in [-0.15, -0.1) is 0 Å². The number of ether oxygens (including phenoxy) is 1. The molecule has 180 valence electrons. The smallest absolute Gasteiger partial charge is 0.300 e. The van der Waals surface area contributed by atoms with Crippen molar-refractivity contribution in [2.75, 3.05) is 23.9 Å². The van der Waals surface area contributed by atoms with Gasteiger partial charge in [-0.25, -0.2) is 0 Å². The highest BCUT2D eigenvalue weighted by Gasteiger charge is 2.47. The van der Waals surface area contributed by atoms with Crippen molar-refractivity contribution in [3.63, 3.8) is 0 Å². The van der Waals surface area contributed by atoms with Gasteiger partial charge in [0.05, 0.1) is 17.7 Å². The average Bonchev–Trinajstić information content (AvgIpc) is 3.09. The number of ketones is 1. The van der Waals surface area contributed by atoms with E-state index in [1.54, 1.807) is 30.3 Å². The molecule has 3 aromatic carbocycles. The molecular formula is C29H30N2O4. The van der Waals surface area contributed by atoms with Gasteiger partial charge in [0.1, 0.15) is 11.5 Å². The van der Waals surface area contributed by atoms with Gasteiger partial charge in [-0.2, -0.15) is 0 Å². The number of amides is 1. The molecule has 1 atom stereocenters. The van der Waals surface area contributed by atoms with Crippen molar-refractivity contribution in [2.45, 2.75) is 32.9 Å². The van der Waals surface area contributed by atoms with E-state index < -0.39 is 17.7 Å². The number of anilines is 2. The number of carbonyl (C=O) groups is 2. The summed E-state index contributed by atoms with van der Waals surface area (Å²) in [6.07, 6.45) is 0.0132. The van der Waals surface area contributed by atoms with Crippen LogP contribution < -0.4 is 14.5 Å². The number of rotatable bonds is 6. The van der Waals surface area contributed by atoms with Gasteiger partial charge in [-0.05, 0) is 80.4 Å². The van der Waals surface area contributed by atoms with E-state index in [4.69, 9.17) is 4.74 Å². The Hall–Kier alpha value is -4.06. The highest BCUT2D eigenvalue weighted by Crippen LogP contribution is 2.42. The molecule has 3 aromatic rings. The molecule has 1 N–H and O–H groups in total. The predicted molar refractivity (Wildman–Crippen MR) is 139 cm³/mol. The number of aliphatic hydroxyl groups is 1. The SMILES string of the molecule is Cc1cccc(N2C(=O)C(=O)/C(=C(/O)c3ccc(OC(C)C)cc3)C2c2ccc(N(C)C)cc2)c1. The molecule has 1 fully saturated rings. The van der Waals surface area contributed by atoms with Crippen molar-refractivity contribution in [1.29, 1.82) is 0 Å². The van der Waals surface area contributed by atoms with Crippen molar-refractivity contribution in [1.82, 2.24) is 0 Å². The van der Waals surface area contributed by atoms with Crippen LogP contribution in [0.2, 0.25) is 0 Å². The second kappa shape index (κ2) is 9.66. The number of hydrogen-bond donors (Lipinski definition) is 1. The van der Waals surface area contributed by atoms with Crippen LogP contribution in [0, 0.1) is 6.92 Å². The van der Waals surface area contributed by atoms with Crippen LogP contribution in [0.25, 0.3) is 5.76 Å². The second-order valence-electron chi connectivity index (χ2n) is 9.19. The largest absolute Gasteiger partial charge is 0.507 e. The Morgan fingerprint density at radius 3 is 2.20 bits per heavy atom. The lowest BCUT2D eigenvalue weighted by Gasteiger charge is -2.26. The summed E-state index contributed by atoms with van der Waals surface area (Å²) in [6.45, 7) is 5.80. The van der Waals surface area contributed by atoms with Crippen LogP contribution in [0.5, 0.6) is 5.75 Å². The molecule has 6 heteroatoms. The molecular weight excluding hydrogens is 440 g/mol. The number of aryl methyl sites for hydroxylation is 1. The molecule has 4 rings (SSSR count). The Bertz CT molecular complexity index is 1270. The lowest BCUT2D eigenvalue weighted by atomic mass is 9.94. The van der Waals surface area contributed by atoms with Crippen molar-refractivity contribution >= 4 is 28.8 Å². The van der Waals surface area contributed by atoms with Crippen LogP contribution in [0.3, 0.4) is 0 Å². The Labute approximate surface area is 206 Å². The Morgan fingerprint density at radius 2 is 1.63 bits per heavy atom. The van der Waals surface area contributed by atoms with E-state index in [0.29, 0.717) is 17.0 Å². The van der Waals surface area contributed by atoms with Gasteiger partial charge in [0.2, 0.25) is 0 Å². The third-order valence-corrected chi connectivity index (χ3v) is 5.95. The van der Waals surface area contributed by atoms with E-state index in [2.05, 4.69) is 0 Å². The Kier molecular flexibility index (Phi) is 6.65. The number of hydrogen-bond acceptors (Lipinski definition) is 5. The van der Waals surface area contributed by atoms with Gasteiger partial charge in [0.15, 0.2) is 0 Å². The monoisotopic (exact) mass is 470 g/mol. The number of benzene rings is 3. The number of aliphatic hydroxyl groups excluding tert-OH is 1. The molecule has 35 heavy (non-hydrogen) atoms. The van der Waals surface area contributed by atoms with Gasteiger partial charge in [-0.3, -0.25) is 14.5 Å². The van der Waals surface area contributed by atoms with Crippen LogP contribution in [-0.2, 0) is 9.59 Å². The number of carbonyl (C=O) groups excluding carboxylic acids is 2. The van der Waals surface area contributed by atoms with Gasteiger partial charge in [-0.1, -0.05) is 24.3 Å². The minimum absolute atomic E-state index is 0.0132. The first-order chi connectivity index (χ1) is 16.7. The lowest BCUT2D eigenvalue weighted by molar-refractivity contribution is -0.132. The molecule has 6 nitrogen and oxygen atoms in total. The maximum Gasteiger partial charge on any atom is 0.300 e. The van der Waals surface area contributed by atoms with Crippen molar-refractivity contribution in [3.05, 3.63) is 95.1 Å². The summed E-state index contributed by atoms with van der Waals surface area (Å²) in [6, 6.07) is 21.2. The fourth-order valence-corrected chi connectivity index (χ4v) is 4.27. The molecule has 0 radical (unpaired) electrons. The summed E-state index contributed by atoms with van der Waals surface area (Å²) in [5.74, 6) is -0.935. The Balaban J connectivity index is 1.86. The molecule has 0 spiro atoms. The standard InChI is InChI=1S/C29H30N2O4/c1-18(2)35-24-15-11-21(12-16-24)27(32)25-26(20-9-13-22(14-10-20)30(4)5)31(29(34)28(25)33)23-8-6-7-19(3)17-23/h6-18,26,32H,1-5H3/b27-25+. The zero-order chi connectivity index (χ0) is 25.3. The normalized spacial score (nSPS) is 17.2. The first-order valence-electron chi connectivity index (χ1n) is 11.6. The molecule has 1 heterocycles. The Morgan fingerprint density at radius 1 is 0.971 bits per heavy atom. The molecule has 0 aliphatic carbocycles. The molecule has 1 saturated heterocycles. The molecule has 1 amide bonds. The van der Waals surface area contributed by atoms with E-state index in [1.807, 2.05) is 82.2 Å². The highest BCUT2D eigenvalue weighted by atomic mass is 16.5. The first kappa shape index (κ1) is 24.1. The molecule has 1 aliphatic heterocycles. The summed E-state index contributed by atoms with van der Waals surface area (Å²) in [5.41, 5.74) is 3.80. The summed E-state index contributed by atoms with van der Waals surface area (Å²) in [4.78, 5) is 30.1. The van der Waals surface area contributed by atoms with Crippen LogP contribution in [0.4, 0.5) is 11.4 Å².